The van der Waals surface area contributed by atoms with Crippen LogP contribution in [0.25, 0.3) is 0 Å². The van der Waals surface area contributed by atoms with Crippen molar-refractivity contribution in [3.63, 3.8) is 0 Å². The second kappa shape index (κ2) is 8.95. The van der Waals surface area contributed by atoms with Crippen molar-refractivity contribution in [1.29, 1.82) is 0 Å². The van der Waals surface area contributed by atoms with Crippen LogP contribution in [-0.4, -0.2) is 61.9 Å². The Morgan fingerprint density at radius 2 is 2.00 bits per heavy atom. The van der Waals surface area contributed by atoms with E-state index in [0.29, 0.717) is 19.6 Å². The summed E-state index contributed by atoms with van der Waals surface area (Å²) in [6.45, 7) is 2.20. The Bertz CT molecular complexity index is 244. The molecule has 0 saturated heterocycles. The number of carbonyl (C=O) groups is 2. The SMILES string of the molecule is COCCN(CC(=O)O)C(=O)CCC(C)OC. The van der Waals surface area contributed by atoms with Crippen molar-refractivity contribution >= 4 is 11.9 Å². The predicted molar refractivity (Wildman–Crippen MR) is 61.8 cm³/mol. The summed E-state index contributed by atoms with van der Waals surface area (Å²) in [5.41, 5.74) is 0. The molecule has 0 aliphatic heterocycles. The predicted octanol–water partition coefficient (Wildman–Crippen LogP) is 0.361. The highest BCUT2D eigenvalue weighted by Crippen LogP contribution is 2.04. The lowest BCUT2D eigenvalue weighted by atomic mass is 10.2. The first-order chi connectivity index (χ1) is 8.01. The minimum atomic E-state index is -1.02. The Balaban J connectivity index is 4.16. The highest BCUT2D eigenvalue weighted by atomic mass is 16.5. The minimum absolute atomic E-state index is 0.00643. The van der Waals surface area contributed by atoms with E-state index >= 15 is 0 Å². The van der Waals surface area contributed by atoms with Gasteiger partial charge in [-0.15, -0.1) is 0 Å². The molecule has 100 valence electrons. The van der Waals surface area contributed by atoms with Crippen molar-refractivity contribution in [2.75, 3.05) is 33.9 Å². The number of methoxy groups -OCH3 is 2. The summed E-state index contributed by atoms with van der Waals surface area (Å²) in [6.07, 6.45) is 0.859. The summed E-state index contributed by atoms with van der Waals surface area (Å²) in [6, 6.07) is 0. The Morgan fingerprint density at radius 3 is 2.47 bits per heavy atom. The molecular weight excluding hydrogens is 226 g/mol. The fraction of sp³-hybridized carbons (Fsp3) is 0.818. The van der Waals surface area contributed by atoms with Crippen LogP contribution in [0.5, 0.6) is 0 Å². The van der Waals surface area contributed by atoms with Crippen LogP contribution in [0.4, 0.5) is 0 Å². The number of hydrogen-bond acceptors (Lipinski definition) is 4. The van der Waals surface area contributed by atoms with Crippen LogP contribution in [0.15, 0.2) is 0 Å². The first-order valence-electron chi connectivity index (χ1n) is 5.52. The van der Waals surface area contributed by atoms with Gasteiger partial charge in [-0.3, -0.25) is 9.59 Å². The maximum Gasteiger partial charge on any atom is 0.323 e. The number of ether oxygens (including phenoxy) is 2. The first kappa shape index (κ1) is 15.9. The van der Waals surface area contributed by atoms with Gasteiger partial charge < -0.3 is 19.5 Å². The lowest BCUT2D eigenvalue weighted by molar-refractivity contribution is -0.145. The fourth-order valence-corrected chi connectivity index (χ4v) is 1.26. The number of rotatable bonds is 9. The van der Waals surface area contributed by atoms with Crippen molar-refractivity contribution in [1.82, 2.24) is 4.90 Å². The zero-order chi connectivity index (χ0) is 13.3. The van der Waals surface area contributed by atoms with Gasteiger partial charge in [0.25, 0.3) is 0 Å². The highest BCUT2D eigenvalue weighted by Gasteiger charge is 2.17. The van der Waals surface area contributed by atoms with Gasteiger partial charge in [0.15, 0.2) is 0 Å². The summed E-state index contributed by atoms with van der Waals surface area (Å²) >= 11 is 0. The second-order valence-corrected chi connectivity index (χ2v) is 3.79. The number of carboxylic acid groups (broad SMARTS) is 1. The average Bonchev–Trinajstić information content (AvgIpc) is 2.30. The van der Waals surface area contributed by atoms with Gasteiger partial charge in [-0.25, -0.2) is 0 Å². The molecule has 1 N–H and O–H groups in total. The molecule has 0 bridgehead atoms. The van der Waals surface area contributed by atoms with Gasteiger partial charge in [0.2, 0.25) is 5.91 Å². The molecule has 1 atom stereocenters. The molecule has 1 amide bonds. The van der Waals surface area contributed by atoms with Crippen LogP contribution in [0.1, 0.15) is 19.8 Å². The molecule has 0 aliphatic carbocycles. The molecule has 0 aliphatic rings. The first-order valence-corrected chi connectivity index (χ1v) is 5.52. The number of carbonyl (C=O) groups excluding carboxylic acids is 1. The number of amides is 1. The number of carboxylic acids is 1. The monoisotopic (exact) mass is 247 g/mol. The zero-order valence-corrected chi connectivity index (χ0v) is 10.6. The van der Waals surface area contributed by atoms with Gasteiger partial charge in [0.05, 0.1) is 12.7 Å². The average molecular weight is 247 g/mol. The van der Waals surface area contributed by atoms with Crippen LogP contribution in [0.2, 0.25) is 0 Å². The lowest BCUT2D eigenvalue weighted by Crippen LogP contribution is -2.38. The third kappa shape index (κ3) is 7.70. The van der Waals surface area contributed by atoms with E-state index in [0.717, 1.165) is 0 Å². The number of nitrogens with zero attached hydrogens (tertiary/aromatic N) is 1. The Hall–Kier alpha value is -1.14. The molecule has 6 heteroatoms. The molecule has 0 rings (SSSR count). The molecular formula is C11H21NO5. The normalized spacial score (nSPS) is 12.2. The van der Waals surface area contributed by atoms with Gasteiger partial charge in [0.1, 0.15) is 6.54 Å². The van der Waals surface area contributed by atoms with Gasteiger partial charge in [-0.2, -0.15) is 0 Å². The molecule has 0 aromatic heterocycles. The van der Waals surface area contributed by atoms with Crippen LogP contribution < -0.4 is 0 Å². The third-order valence-corrected chi connectivity index (χ3v) is 2.41. The largest absolute Gasteiger partial charge is 0.480 e. The summed E-state index contributed by atoms with van der Waals surface area (Å²) < 4.78 is 9.87. The van der Waals surface area contributed by atoms with E-state index in [2.05, 4.69) is 0 Å². The molecule has 0 fully saturated rings. The molecule has 0 spiro atoms. The van der Waals surface area contributed by atoms with Crippen molar-refractivity contribution in [2.24, 2.45) is 0 Å². The van der Waals surface area contributed by atoms with Crippen LogP contribution in [0, 0.1) is 0 Å². The fourth-order valence-electron chi connectivity index (χ4n) is 1.26. The quantitative estimate of drug-likeness (QED) is 0.636. The van der Waals surface area contributed by atoms with Crippen molar-refractivity contribution < 1.29 is 24.2 Å². The van der Waals surface area contributed by atoms with E-state index in [1.165, 1.54) is 12.0 Å². The minimum Gasteiger partial charge on any atom is -0.480 e. The summed E-state index contributed by atoms with van der Waals surface area (Å²) in [5, 5.41) is 8.70. The molecule has 0 heterocycles. The topological polar surface area (TPSA) is 76.1 Å². The standard InChI is InChI=1S/C11H21NO5/c1-9(17-3)4-5-10(13)12(6-7-16-2)8-11(14)15/h9H,4-8H2,1-3H3,(H,14,15). The maximum atomic E-state index is 11.8. The maximum absolute atomic E-state index is 11.8. The zero-order valence-electron chi connectivity index (χ0n) is 10.6. The molecule has 6 nitrogen and oxygen atoms in total. The van der Waals surface area contributed by atoms with E-state index in [-0.39, 0.29) is 25.0 Å². The molecule has 0 aromatic rings. The van der Waals surface area contributed by atoms with Crippen molar-refractivity contribution in [2.45, 2.75) is 25.9 Å². The van der Waals surface area contributed by atoms with Gasteiger partial charge in [0, 0.05) is 27.2 Å². The Kier molecular flexibility index (Phi) is 8.35. The van der Waals surface area contributed by atoms with Gasteiger partial charge in [-0.05, 0) is 13.3 Å². The van der Waals surface area contributed by atoms with E-state index in [1.54, 1.807) is 7.11 Å². The summed E-state index contributed by atoms with van der Waals surface area (Å²) in [4.78, 5) is 23.7. The molecule has 0 radical (unpaired) electrons. The molecule has 1 unspecified atom stereocenters. The van der Waals surface area contributed by atoms with Crippen LogP contribution in [0.3, 0.4) is 0 Å². The van der Waals surface area contributed by atoms with E-state index in [9.17, 15) is 9.59 Å². The molecule has 0 aromatic carbocycles. The van der Waals surface area contributed by atoms with Crippen LogP contribution in [-0.2, 0) is 19.1 Å². The summed E-state index contributed by atoms with van der Waals surface area (Å²) in [7, 11) is 3.09. The van der Waals surface area contributed by atoms with E-state index in [1.807, 2.05) is 6.92 Å². The lowest BCUT2D eigenvalue weighted by Gasteiger charge is -2.21. The van der Waals surface area contributed by atoms with Gasteiger partial charge >= 0.3 is 5.97 Å². The summed E-state index contributed by atoms with van der Waals surface area (Å²) in [5.74, 6) is -1.21. The van der Waals surface area contributed by atoms with E-state index < -0.39 is 5.97 Å². The number of aliphatic carboxylic acids is 1. The molecule has 17 heavy (non-hydrogen) atoms. The molecule has 0 saturated carbocycles. The van der Waals surface area contributed by atoms with Crippen molar-refractivity contribution in [3.8, 4) is 0 Å². The second-order valence-electron chi connectivity index (χ2n) is 3.79. The van der Waals surface area contributed by atoms with Crippen molar-refractivity contribution in [3.05, 3.63) is 0 Å². The number of hydrogen-bond donors (Lipinski definition) is 1. The highest BCUT2D eigenvalue weighted by molar-refractivity contribution is 5.81. The Labute approximate surface area is 101 Å². The third-order valence-electron chi connectivity index (χ3n) is 2.41. The van der Waals surface area contributed by atoms with E-state index in [4.69, 9.17) is 14.6 Å². The Morgan fingerprint density at radius 1 is 1.35 bits per heavy atom. The van der Waals surface area contributed by atoms with Crippen LogP contribution >= 0.6 is 0 Å². The van der Waals surface area contributed by atoms with Gasteiger partial charge in [-0.1, -0.05) is 0 Å². The smallest absolute Gasteiger partial charge is 0.323 e.